The van der Waals surface area contributed by atoms with E-state index in [2.05, 4.69) is 43.1 Å². The van der Waals surface area contributed by atoms with Crippen LogP contribution in [0.5, 0.6) is 0 Å². The molecule has 0 N–H and O–H groups in total. The van der Waals surface area contributed by atoms with Gasteiger partial charge in [-0.2, -0.15) is 0 Å². The van der Waals surface area contributed by atoms with Gasteiger partial charge in [-0.3, -0.25) is 4.98 Å². The van der Waals surface area contributed by atoms with Crippen molar-refractivity contribution in [2.75, 3.05) is 0 Å². The Hall–Kier alpha value is -1.15. The van der Waals surface area contributed by atoms with E-state index in [4.69, 9.17) is 0 Å². The van der Waals surface area contributed by atoms with Gasteiger partial charge in [0.1, 0.15) is 0 Å². The molecular formula is C17H23NS. The Morgan fingerprint density at radius 3 is 2.53 bits per heavy atom. The topological polar surface area (TPSA) is 12.9 Å². The molecule has 0 atom stereocenters. The molecule has 2 aromatic heterocycles. The standard InChI is InChI=1S/C17H23NS/c1-3-5-6-8-16-11-12-17(19-16)14-9-10-15(7-4-2)18-13-14/h9-13H,3-8H2,1-2H3. The minimum atomic E-state index is 1.08. The SMILES string of the molecule is CCCCCc1ccc(-c2ccc(CCC)nc2)s1. The number of hydrogen-bond donors (Lipinski definition) is 0. The molecule has 0 saturated heterocycles. The maximum atomic E-state index is 4.54. The zero-order valence-corrected chi connectivity index (χ0v) is 12.8. The molecule has 2 aromatic rings. The number of rotatable bonds is 7. The van der Waals surface area contributed by atoms with E-state index in [9.17, 15) is 0 Å². The summed E-state index contributed by atoms with van der Waals surface area (Å²) >= 11 is 1.92. The second kappa shape index (κ2) is 7.44. The summed E-state index contributed by atoms with van der Waals surface area (Å²) in [5, 5.41) is 0. The highest BCUT2D eigenvalue weighted by Gasteiger charge is 2.03. The van der Waals surface area contributed by atoms with Gasteiger partial charge in [0.25, 0.3) is 0 Å². The van der Waals surface area contributed by atoms with E-state index in [-0.39, 0.29) is 0 Å². The molecule has 0 amide bonds. The molecular weight excluding hydrogens is 250 g/mol. The lowest BCUT2D eigenvalue weighted by molar-refractivity contribution is 0.722. The average Bonchev–Trinajstić information content (AvgIpc) is 2.89. The molecule has 0 saturated carbocycles. The maximum absolute atomic E-state index is 4.54. The first-order chi connectivity index (χ1) is 9.33. The van der Waals surface area contributed by atoms with Crippen LogP contribution in [0.4, 0.5) is 0 Å². The highest BCUT2D eigenvalue weighted by atomic mass is 32.1. The Balaban J connectivity index is 2.01. The number of thiophene rings is 1. The van der Waals surface area contributed by atoms with Gasteiger partial charge in [-0.25, -0.2) is 0 Å². The number of pyridine rings is 1. The van der Waals surface area contributed by atoms with Crippen molar-refractivity contribution in [3.05, 3.63) is 41.0 Å². The van der Waals surface area contributed by atoms with Crippen LogP contribution in [-0.2, 0) is 12.8 Å². The Labute approximate surface area is 120 Å². The van der Waals surface area contributed by atoms with Crippen LogP contribution in [0.3, 0.4) is 0 Å². The van der Waals surface area contributed by atoms with Gasteiger partial charge in [-0.1, -0.05) is 39.2 Å². The van der Waals surface area contributed by atoms with Crippen molar-refractivity contribution in [2.45, 2.75) is 52.4 Å². The summed E-state index contributed by atoms with van der Waals surface area (Å²) in [4.78, 5) is 7.39. The van der Waals surface area contributed by atoms with Crippen molar-refractivity contribution in [2.24, 2.45) is 0 Å². The second-order valence-corrected chi connectivity index (χ2v) is 6.18. The molecule has 0 fully saturated rings. The fourth-order valence-corrected chi connectivity index (χ4v) is 3.23. The summed E-state index contributed by atoms with van der Waals surface area (Å²) < 4.78 is 0. The lowest BCUT2D eigenvalue weighted by Gasteiger charge is -2.00. The summed E-state index contributed by atoms with van der Waals surface area (Å²) in [5.74, 6) is 0. The fourth-order valence-electron chi connectivity index (χ4n) is 2.19. The zero-order valence-electron chi connectivity index (χ0n) is 12.0. The quantitative estimate of drug-likeness (QED) is 0.607. The number of unbranched alkanes of at least 4 members (excludes halogenated alkanes) is 2. The predicted molar refractivity (Wildman–Crippen MR) is 84.8 cm³/mol. The lowest BCUT2D eigenvalue weighted by Crippen LogP contribution is -1.87. The van der Waals surface area contributed by atoms with Crippen molar-refractivity contribution >= 4 is 11.3 Å². The van der Waals surface area contributed by atoms with Gasteiger partial charge in [0.2, 0.25) is 0 Å². The number of aromatic nitrogens is 1. The van der Waals surface area contributed by atoms with E-state index < -0.39 is 0 Å². The Kier molecular flexibility index (Phi) is 5.59. The molecule has 0 aliphatic carbocycles. The molecule has 0 radical (unpaired) electrons. The molecule has 0 aliphatic heterocycles. The molecule has 0 spiro atoms. The van der Waals surface area contributed by atoms with Crippen LogP contribution in [0.25, 0.3) is 10.4 Å². The lowest BCUT2D eigenvalue weighted by atomic mass is 10.1. The first-order valence-corrected chi connectivity index (χ1v) is 8.19. The minimum Gasteiger partial charge on any atom is -0.261 e. The first-order valence-electron chi connectivity index (χ1n) is 7.37. The van der Waals surface area contributed by atoms with Gasteiger partial charge in [0.15, 0.2) is 0 Å². The molecule has 19 heavy (non-hydrogen) atoms. The van der Waals surface area contributed by atoms with E-state index in [1.165, 1.54) is 46.7 Å². The molecule has 0 aliphatic rings. The minimum absolute atomic E-state index is 1.08. The van der Waals surface area contributed by atoms with Crippen LogP contribution in [-0.4, -0.2) is 4.98 Å². The third kappa shape index (κ3) is 4.17. The Morgan fingerprint density at radius 1 is 0.947 bits per heavy atom. The average molecular weight is 273 g/mol. The highest BCUT2D eigenvalue weighted by molar-refractivity contribution is 7.15. The van der Waals surface area contributed by atoms with Crippen molar-refractivity contribution in [3.8, 4) is 10.4 Å². The van der Waals surface area contributed by atoms with Crippen LogP contribution < -0.4 is 0 Å². The predicted octanol–water partition coefficient (Wildman–Crippen LogP) is 5.50. The summed E-state index contributed by atoms with van der Waals surface area (Å²) in [5.41, 5.74) is 2.46. The van der Waals surface area contributed by atoms with Crippen molar-refractivity contribution in [3.63, 3.8) is 0 Å². The summed E-state index contributed by atoms with van der Waals surface area (Å²) in [6.45, 7) is 4.45. The monoisotopic (exact) mass is 273 g/mol. The van der Waals surface area contributed by atoms with Crippen molar-refractivity contribution in [1.82, 2.24) is 4.98 Å². The number of aryl methyl sites for hydroxylation is 2. The van der Waals surface area contributed by atoms with Gasteiger partial charge >= 0.3 is 0 Å². The van der Waals surface area contributed by atoms with E-state index >= 15 is 0 Å². The van der Waals surface area contributed by atoms with E-state index in [1.54, 1.807) is 0 Å². The highest BCUT2D eigenvalue weighted by Crippen LogP contribution is 2.28. The molecule has 2 heteroatoms. The largest absolute Gasteiger partial charge is 0.261 e. The third-order valence-corrected chi connectivity index (χ3v) is 4.50. The van der Waals surface area contributed by atoms with Gasteiger partial charge in [-0.05, 0) is 37.5 Å². The van der Waals surface area contributed by atoms with Crippen molar-refractivity contribution in [1.29, 1.82) is 0 Å². The second-order valence-electron chi connectivity index (χ2n) is 5.01. The number of nitrogens with zero attached hydrogens (tertiary/aromatic N) is 1. The Morgan fingerprint density at radius 2 is 1.84 bits per heavy atom. The normalized spacial score (nSPS) is 10.8. The molecule has 0 bridgehead atoms. The van der Waals surface area contributed by atoms with Gasteiger partial charge in [0, 0.05) is 27.2 Å². The van der Waals surface area contributed by atoms with Gasteiger partial charge in [0.05, 0.1) is 0 Å². The summed E-state index contributed by atoms with van der Waals surface area (Å²) in [7, 11) is 0. The number of hydrogen-bond acceptors (Lipinski definition) is 2. The van der Waals surface area contributed by atoms with E-state index in [0.717, 1.165) is 12.8 Å². The molecule has 0 unspecified atom stereocenters. The molecule has 102 valence electrons. The summed E-state index contributed by atoms with van der Waals surface area (Å²) in [6.07, 6.45) is 9.41. The van der Waals surface area contributed by atoms with Gasteiger partial charge in [-0.15, -0.1) is 11.3 Å². The fraction of sp³-hybridized carbons (Fsp3) is 0.471. The van der Waals surface area contributed by atoms with E-state index in [0.29, 0.717) is 0 Å². The first kappa shape index (κ1) is 14.3. The molecule has 2 rings (SSSR count). The molecule has 2 heterocycles. The van der Waals surface area contributed by atoms with Crippen LogP contribution in [0.2, 0.25) is 0 Å². The van der Waals surface area contributed by atoms with Crippen LogP contribution in [0.15, 0.2) is 30.5 Å². The van der Waals surface area contributed by atoms with Gasteiger partial charge < -0.3 is 0 Å². The smallest absolute Gasteiger partial charge is 0.0403 e. The third-order valence-electron chi connectivity index (χ3n) is 3.30. The summed E-state index contributed by atoms with van der Waals surface area (Å²) in [6, 6.07) is 8.88. The van der Waals surface area contributed by atoms with Crippen molar-refractivity contribution < 1.29 is 0 Å². The maximum Gasteiger partial charge on any atom is 0.0403 e. The van der Waals surface area contributed by atoms with Crippen LogP contribution in [0, 0.1) is 0 Å². The molecule has 1 nitrogen and oxygen atoms in total. The molecule has 0 aromatic carbocycles. The zero-order chi connectivity index (χ0) is 13.5. The van der Waals surface area contributed by atoms with Crippen LogP contribution >= 0.6 is 11.3 Å². The van der Waals surface area contributed by atoms with Crippen LogP contribution in [0.1, 0.15) is 50.1 Å². The Bertz CT molecular complexity index is 484. The van der Waals surface area contributed by atoms with E-state index in [1.807, 2.05) is 17.5 Å².